The molecule has 1 aromatic rings. The Morgan fingerprint density at radius 2 is 1.81 bits per heavy atom. The van der Waals surface area contributed by atoms with Crippen molar-refractivity contribution in [2.24, 2.45) is 5.92 Å². The molecule has 2 aliphatic heterocycles. The lowest BCUT2D eigenvalue weighted by Crippen LogP contribution is -2.50. The zero-order chi connectivity index (χ0) is 19.4. The van der Waals surface area contributed by atoms with Crippen molar-refractivity contribution in [2.45, 2.75) is 50.5 Å². The molecule has 2 saturated heterocycles. The monoisotopic (exact) mass is 394 g/mol. The molecule has 3 rings (SSSR count). The van der Waals surface area contributed by atoms with E-state index in [0.717, 1.165) is 31.4 Å². The number of amides is 1. The topological polar surface area (TPSA) is 66.9 Å². The smallest absolute Gasteiger partial charge is 0.243 e. The van der Waals surface area contributed by atoms with Gasteiger partial charge in [-0.3, -0.25) is 4.79 Å². The lowest BCUT2D eigenvalue weighted by atomic mass is 9.96. The number of piperidine rings is 2. The third-order valence-corrected chi connectivity index (χ3v) is 7.36. The molecule has 2 heterocycles. The second kappa shape index (κ2) is 8.71. The van der Waals surface area contributed by atoms with E-state index in [4.69, 9.17) is 4.74 Å². The molecule has 7 heteroatoms. The Bertz CT molecular complexity index is 746. The molecule has 150 valence electrons. The molecule has 1 amide bonds. The Morgan fingerprint density at radius 1 is 1.11 bits per heavy atom. The number of ether oxygens (including phenoxy) is 1. The summed E-state index contributed by atoms with van der Waals surface area (Å²) < 4.78 is 33.1. The number of sulfonamides is 1. The summed E-state index contributed by atoms with van der Waals surface area (Å²) in [6.07, 6.45) is 3.48. The molecule has 0 radical (unpaired) electrons. The van der Waals surface area contributed by atoms with E-state index in [0.29, 0.717) is 31.0 Å². The summed E-state index contributed by atoms with van der Waals surface area (Å²) >= 11 is 0. The Hall–Kier alpha value is -1.44. The van der Waals surface area contributed by atoms with Gasteiger partial charge in [0, 0.05) is 32.8 Å². The number of carbonyl (C=O) groups is 1. The Morgan fingerprint density at radius 3 is 2.52 bits per heavy atom. The van der Waals surface area contributed by atoms with Crippen LogP contribution in [0.5, 0.6) is 0 Å². The van der Waals surface area contributed by atoms with Crippen molar-refractivity contribution in [3.05, 3.63) is 29.8 Å². The zero-order valence-electron chi connectivity index (χ0n) is 16.3. The molecule has 0 N–H and O–H groups in total. The van der Waals surface area contributed by atoms with Crippen LogP contribution in [0.25, 0.3) is 0 Å². The van der Waals surface area contributed by atoms with E-state index in [-0.39, 0.29) is 24.5 Å². The number of aryl methyl sites for hydroxylation is 1. The predicted molar refractivity (Wildman–Crippen MR) is 104 cm³/mol. The number of nitrogens with zero attached hydrogens (tertiary/aromatic N) is 2. The third-order valence-electron chi connectivity index (χ3n) is 5.48. The first kappa shape index (κ1) is 20.3. The van der Waals surface area contributed by atoms with Crippen molar-refractivity contribution in [1.29, 1.82) is 0 Å². The fourth-order valence-corrected chi connectivity index (χ4v) is 5.51. The quantitative estimate of drug-likeness (QED) is 0.769. The maximum atomic E-state index is 13.0. The van der Waals surface area contributed by atoms with Crippen LogP contribution in [0, 0.1) is 12.8 Å². The first-order valence-electron chi connectivity index (χ1n) is 9.89. The summed E-state index contributed by atoms with van der Waals surface area (Å²) in [4.78, 5) is 15.2. The number of carbonyl (C=O) groups excluding carboxylic acids is 1. The van der Waals surface area contributed by atoms with Crippen molar-refractivity contribution in [3.8, 4) is 0 Å². The SMILES string of the molecule is CCOC1CCCN(C(=O)C2CCCN(S(=O)(=O)c3ccc(C)cc3)C2)C1. The van der Waals surface area contributed by atoms with Gasteiger partial charge in [0.05, 0.1) is 16.9 Å². The number of hydrogen-bond acceptors (Lipinski definition) is 4. The van der Waals surface area contributed by atoms with Crippen LogP contribution in [0.4, 0.5) is 0 Å². The van der Waals surface area contributed by atoms with Gasteiger partial charge in [0.25, 0.3) is 0 Å². The highest BCUT2D eigenvalue weighted by Gasteiger charge is 2.36. The summed E-state index contributed by atoms with van der Waals surface area (Å²) in [5.41, 5.74) is 1.02. The van der Waals surface area contributed by atoms with Crippen molar-refractivity contribution in [2.75, 3.05) is 32.8 Å². The summed E-state index contributed by atoms with van der Waals surface area (Å²) in [5.74, 6) is -0.192. The second-order valence-corrected chi connectivity index (χ2v) is 9.46. The minimum atomic E-state index is -3.56. The lowest BCUT2D eigenvalue weighted by Gasteiger charge is -2.37. The van der Waals surface area contributed by atoms with Gasteiger partial charge in [-0.25, -0.2) is 8.42 Å². The molecule has 2 atom stereocenters. The molecular weight excluding hydrogens is 364 g/mol. The standard InChI is InChI=1S/C20H30N2O4S/c1-3-26-18-7-5-12-21(15-18)20(23)17-6-4-13-22(14-17)27(24,25)19-10-8-16(2)9-11-19/h8-11,17-18H,3-7,12-15H2,1-2H3. The van der Waals surface area contributed by atoms with E-state index in [1.807, 2.05) is 18.7 Å². The molecule has 27 heavy (non-hydrogen) atoms. The van der Waals surface area contributed by atoms with Crippen LogP contribution < -0.4 is 0 Å². The van der Waals surface area contributed by atoms with Crippen LogP contribution in [-0.2, 0) is 19.6 Å². The van der Waals surface area contributed by atoms with Crippen LogP contribution in [0.3, 0.4) is 0 Å². The largest absolute Gasteiger partial charge is 0.377 e. The van der Waals surface area contributed by atoms with Gasteiger partial charge in [-0.15, -0.1) is 0 Å². The van der Waals surface area contributed by atoms with Crippen molar-refractivity contribution >= 4 is 15.9 Å². The lowest BCUT2D eigenvalue weighted by molar-refractivity contribution is -0.140. The van der Waals surface area contributed by atoms with Gasteiger partial charge in [0.1, 0.15) is 0 Å². The van der Waals surface area contributed by atoms with Crippen molar-refractivity contribution in [3.63, 3.8) is 0 Å². The van der Waals surface area contributed by atoms with Crippen LogP contribution in [0.15, 0.2) is 29.2 Å². The highest BCUT2D eigenvalue weighted by atomic mass is 32.2. The summed E-state index contributed by atoms with van der Waals surface area (Å²) in [5, 5.41) is 0. The number of benzene rings is 1. The summed E-state index contributed by atoms with van der Waals surface area (Å²) in [7, 11) is -3.56. The third kappa shape index (κ3) is 4.70. The highest BCUT2D eigenvalue weighted by Crippen LogP contribution is 2.26. The molecule has 0 bridgehead atoms. The predicted octanol–water partition coefficient (Wildman–Crippen LogP) is 2.42. The fraction of sp³-hybridized carbons (Fsp3) is 0.650. The maximum absolute atomic E-state index is 13.0. The number of hydrogen-bond donors (Lipinski definition) is 0. The minimum Gasteiger partial charge on any atom is -0.377 e. The van der Waals surface area contributed by atoms with Gasteiger partial charge in [-0.1, -0.05) is 17.7 Å². The van der Waals surface area contributed by atoms with Crippen LogP contribution in [0.2, 0.25) is 0 Å². The van der Waals surface area contributed by atoms with Gasteiger partial charge in [0.2, 0.25) is 15.9 Å². The first-order valence-corrected chi connectivity index (χ1v) is 11.3. The van der Waals surface area contributed by atoms with Gasteiger partial charge >= 0.3 is 0 Å². The average Bonchev–Trinajstić information content (AvgIpc) is 2.68. The maximum Gasteiger partial charge on any atom is 0.243 e. The number of likely N-dealkylation sites (tertiary alicyclic amines) is 1. The molecule has 2 aliphatic rings. The molecular formula is C20H30N2O4S. The molecule has 0 aliphatic carbocycles. The van der Waals surface area contributed by atoms with E-state index < -0.39 is 10.0 Å². The molecule has 6 nitrogen and oxygen atoms in total. The normalized spacial score (nSPS) is 24.7. The average molecular weight is 395 g/mol. The Kier molecular flexibility index (Phi) is 6.55. The zero-order valence-corrected chi connectivity index (χ0v) is 17.1. The van der Waals surface area contributed by atoms with Crippen molar-refractivity contribution < 1.29 is 17.9 Å². The molecule has 2 unspecified atom stereocenters. The van der Waals surface area contributed by atoms with Crippen molar-refractivity contribution in [1.82, 2.24) is 9.21 Å². The van der Waals surface area contributed by atoms with E-state index >= 15 is 0 Å². The first-order chi connectivity index (χ1) is 12.9. The molecule has 0 saturated carbocycles. The van der Waals surface area contributed by atoms with Crippen LogP contribution in [-0.4, -0.2) is 62.4 Å². The second-order valence-electron chi connectivity index (χ2n) is 7.52. The molecule has 0 aromatic heterocycles. The molecule has 0 spiro atoms. The highest BCUT2D eigenvalue weighted by molar-refractivity contribution is 7.89. The van der Waals surface area contributed by atoms with E-state index in [9.17, 15) is 13.2 Å². The fourth-order valence-electron chi connectivity index (χ4n) is 3.99. The molecule has 1 aromatic carbocycles. The number of rotatable bonds is 5. The van der Waals surface area contributed by atoms with E-state index in [2.05, 4.69) is 0 Å². The van der Waals surface area contributed by atoms with Crippen LogP contribution >= 0.6 is 0 Å². The Balaban J connectivity index is 1.68. The van der Waals surface area contributed by atoms with Crippen LogP contribution in [0.1, 0.15) is 38.2 Å². The Labute approximate surface area is 162 Å². The summed E-state index contributed by atoms with van der Waals surface area (Å²) in [6, 6.07) is 6.91. The van der Waals surface area contributed by atoms with Gasteiger partial charge in [0.15, 0.2) is 0 Å². The van der Waals surface area contributed by atoms with Gasteiger partial charge in [-0.2, -0.15) is 4.31 Å². The van der Waals surface area contributed by atoms with Gasteiger partial charge < -0.3 is 9.64 Å². The van der Waals surface area contributed by atoms with Gasteiger partial charge in [-0.05, 0) is 51.7 Å². The van der Waals surface area contributed by atoms with E-state index in [1.165, 1.54) is 4.31 Å². The molecule has 2 fully saturated rings. The summed E-state index contributed by atoms with van der Waals surface area (Å²) in [6.45, 7) is 6.65. The minimum absolute atomic E-state index is 0.0724. The van der Waals surface area contributed by atoms with E-state index in [1.54, 1.807) is 24.3 Å².